The fourth-order valence-corrected chi connectivity index (χ4v) is 1.05. The van der Waals surface area contributed by atoms with E-state index in [2.05, 4.69) is 9.98 Å². The fourth-order valence-electron chi connectivity index (χ4n) is 1.05. The third kappa shape index (κ3) is 3.63. The molecule has 15 heavy (non-hydrogen) atoms. The van der Waals surface area contributed by atoms with Crippen LogP contribution >= 0.6 is 0 Å². The van der Waals surface area contributed by atoms with E-state index in [0.29, 0.717) is 6.54 Å². The molecule has 0 aliphatic heterocycles. The predicted molar refractivity (Wildman–Crippen MR) is 59.2 cm³/mol. The number of pyridine rings is 1. The highest BCUT2D eigenvalue weighted by atomic mass is 15.2. The number of nitrogens with zero attached hydrogens (tertiary/aromatic N) is 3. The SMILES string of the molecule is CN(Cc1cccnc1)C(=N)N=C(N)N. The number of rotatable bonds is 2. The quantitative estimate of drug-likeness (QED) is 0.457. The van der Waals surface area contributed by atoms with Crippen LogP contribution < -0.4 is 11.5 Å². The van der Waals surface area contributed by atoms with Gasteiger partial charge in [0.15, 0.2) is 5.96 Å². The summed E-state index contributed by atoms with van der Waals surface area (Å²) in [6.07, 6.45) is 3.43. The lowest BCUT2D eigenvalue weighted by Crippen LogP contribution is -2.30. The first-order chi connectivity index (χ1) is 7.09. The Labute approximate surface area is 88.1 Å². The van der Waals surface area contributed by atoms with Crippen molar-refractivity contribution >= 4 is 11.9 Å². The second kappa shape index (κ2) is 4.94. The van der Waals surface area contributed by atoms with E-state index in [1.54, 1.807) is 24.3 Å². The van der Waals surface area contributed by atoms with Crippen LogP contribution in [0.1, 0.15) is 5.56 Å². The van der Waals surface area contributed by atoms with Crippen LogP contribution in [0, 0.1) is 5.41 Å². The van der Waals surface area contributed by atoms with Crippen LogP contribution in [0.25, 0.3) is 0 Å². The lowest BCUT2D eigenvalue weighted by atomic mass is 10.3. The van der Waals surface area contributed by atoms with Crippen molar-refractivity contribution in [1.29, 1.82) is 5.41 Å². The Morgan fingerprint density at radius 3 is 2.87 bits per heavy atom. The van der Waals surface area contributed by atoms with E-state index in [1.165, 1.54) is 0 Å². The van der Waals surface area contributed by atoms with Crippen LogP contribution in [0.3, 0.4) is 0 Å². The molecule has 0 saturated heterocycles. The van der Waals surface area contributed by atoms with Crippen LogP contribution in [0.4, 0.5) is 0 Å². The van der Waals surface area contributed by atoms with Gasteiger partial charge in [-0.05, 0) is 11.6 Å². The van der Waals surface area contributed by atoms with E-state index in [9.17, 15) is 0 Å². The van der Waals surface area contributed by atoms with Crippen molar-refractivity contribution in [3.8, 4) is 0 Å². The van der Waals surface area contributed by atoms with E-state index in [0.717, 1.165) is 5.56 Å². The molecule has 1 aromatic rings. The molecule has 0 unspecified atom stereocenters. The molecule has 0 saturated carbocycles. The van der Waals surface area contributed by atoms with E-state index in [4.69, 9.17) is 16.9 Å². The van der Waals surface area contributed by atoms with Gasteiger partial charge in [-0.15, -0.1) is 0 Å². The summed E-state index contributed by atoms with van der Waals surface area (Å²) in [5.74, 6) is -0.0862. The van der Waals surface area contributed by atoms with Crippen molar-refractivity contribution in [2.45, 2.75) is 6.54 Å². The Balaban J connectivity index is 2.60. The number of nitrogens with two attached hydrogens (primary N) is 2. The number of hydrogen-bond acceptors (Lipinski definition) is 2. The average Bonchev–Trinajstić information content (AvgIpc) is 2.18. The number of nitrogens with one attached hydrogen (secondary N) is 1. The topological polar surface area (TPSA) is 104 Å². The molecule has 0 atom stereocenters. The summed E-state index contributed by atoms with van der Waals surface area (Å²) in [6, 6.07) is 3.76. The second-order valence-corrected chi connectivity index (χ2v) is 3.08. The highest BCUT2D eigenvalue weighted by Crippen LogP contribution is 2.01. The van der Waals surface area contributed by atoms with Crippen LogP contribution in [0.5, 0.6) is 0 Å². The zero-order chi connectivity index (χ0) is 11.3. The van der Waals surface area contributed by atoms with Crippen molar-refractivity contribution < 1.29 is 0 Å². The van der Waals surface area contributed by atoms with E-state index < -0.39 is 0 Å². The minimum Gasteiger partial charge on any atom is -0.370 e. The van der Waals surface area contributed by atoms with Crippen molar-refractivity contribution in [2.24, 2.45) is 16.5 Å². The van der Waals surface area contributed by atoms with Gasteiger partial charge >= 0.3 is 0 Å². The Morgan fingerprint density at radius 1 is 1.60 bits per heavy atom. The third-order valence-electron chi connectivity index (χ3n) is 1.74. The Hall–Kier alpha value is -2.11. The maximum Gasteiger partial charge on any atom is 0.221 e. The lowest BCUT2D eigenvalue weighted by molar-refractivity contribution is 0.490. The molecule has 0 spiro atoms. The molecule has 5 N–H and O–H groups in total. The molecular weight excluding hydrogens is 192 g/mol. The molecule has 0 bridgehead atoms. The number of guanidine groups is 2. The van der Waals surface area contributed by atoms with Crippen LogP contribution in [-0.4, -0.2) is 28.9 Å². The van der Waals surface area contributed by atoms with E-state index in [-0.39, 0.29) is 11.9 Å². The summed E-state index contributed by atoms with van der Waals surface area (Å²) in [6.45, 7) is 0.545. The molecule has 1 rings (SSSR count). The van der Waals surface area contributed by atoms with Gasteiger partial charge < -0.3 is 16.4 Å². The molecule has 6 heteroatoms. The third-order valence-corrected chi connectivity index (χ3v) is 1.74. The molecule has 1 aromatic heterocycles. The average molecular weight is 206 g/mol. The maximum absolute atomic E-state index is 7.53. The molecule has 0 amide bonds. The molecule has 6 nitrogen and oxygen atoms in total. The standard InChI is InChI=1S/C9H14N6/c1-15(9(12)14-8(10)11)6-7-3-2-4-13-5-7/h2-5H,6H2,1H3,(H5,10,11,12,14). The largest absolute Gasteiger partial charge is 0.370 e. The first-order valence-electron chi connectivity index (χ1n) is 4.38. The summed E-state index contributed by atoms with van der Waals surface area (Å²) in [5.41, 5.74) is 11.3. The Morgan fingerprint density at radius 2 is 2.33 bits per heavy atom. The highest BCUT2D eigenvalue weighted by molar-refractivity contribution is 5.91. The Kier molecular flexibility index (Phi) is 3.61. The summed E-state index contributed by atoms with van der Waals surface area (Å²) in [5, 5.41) is 7.53. The smallest absolute Gasteiger partial charge is 0.221 e. The van der Waals surface area contributed by atoms with Gasteiger partial charge in [-0.1, -0.05) is 6.07 Å². The van der Waals surface area contributed by atoms with Crippen LogP contribution in [0.15, 0.2) is 29.5 Å². The predicted octanol–water partition coefficient (Wildman–Crippen LogP) is -0.278. The Bertz CT molecular complexity index is 354. The molecule has 1 heterocycles. The van der Waals surface area contributed by atoms with Crippen LogP contribution in [0.2, 0.25) is 0 Å². The van der Waals surface area contributed by atoms with E-state index in [1.807, 2.05) is 12.1 Å². The normalized spacial score (nSPS) is 9.40. The second-order valence-electron chi connectivity index (χ2n) is 3.08. The first kappa shape index (κ1) is 11.0. The van der Waals surface area contributed by atoms with Crippen molar-refractivity contribution in [3.63, 3.8) is 0 Å². The van der Waals surface area contributed by atoms with Gasteiger partial charge in [0.25, 0.3) is 0 Å². The van der Waals surface area contributed by atoms with Crippen LogP contribution in [-0.2, 0) is 6.54 Å². The highest BCUT2D eigenvalue weighted by Gasteiger charge is 2.03. The molecule has 0 aromatic carbocycles. The zero-order valence-electron chi connectivity index (χ0n) is 8.51. The summed E-state index contributed by atoms with van der Waals surface area (Å²) < 4.78 is 0. The minimum atomic E-state index is -0.113. The molecule has 0 fully saturated rings. The molecule has 0 radical (unpaired) electrons. The van der Waals surface area contributed by atoms with Gasteiger partial charge in [0.2, 0.25) is 5.96 Å². The van der Waals surface area contributed by atoms with Crippen molar-refractivity contribution in [2.75, 3.05) is 7.05 Å². The first-order valence-corrected chi connectivity index (χ1v) is 4.38. The molecule has 0 aliphatic carbocycles. The van der Waals surface area contributed by atoms with Crippen molar-refractivity contribution in [3.05, 3.63) is 30.1 Å². The van der Waals surface area contributed by atoms with Gasteiger partial charge in [0, 0.05) is 26.0 Å². The summed E-state index contributed by atoms with van der Waals surface area (Å²) >= 11 is 0. The van der Waals surface area contributed by atoms with Gasteiger partial charge in [-0.25, -0.2) is 0 Å². The van der Waals surface area contributed by atoms with Gasteiger partial charge in [-0.3, -0.25) is 10.4 Å². The molecule has 0 aliphatic rings. The zero-order valence-corrected chi connectivity index (χ0v) is 8.51. The minimum absolute atomic E-state index is 0.0267. The van der Waals surface area contributed by atoms with E-state index >= 15 is 0 Å². The monoisotopic (exact) mass is 206 g/mol. The number of aromatic nitrogens is 1. The number of aliphatic imine (C=N–C) groups is 1. The molecular formula is C9H14N6. The van der Waals surface area contributed by atoms with Gasteiger partial charge in [0.05, 0.1) is 0 Å². The van der Waals surface area contributed by atoms with Gasteiger partial charge in [-0.2, -0.15) is 4.99 Å². The fraction of sp³-hybridized carbons (Fsp3) is 0.222. The lowest BCUT2D eigenvalue weighted by Gasteiger charge is -2.16. The number of hydrogen-bond donors (Lipinski definition) is 3. The summed E-state index contributed by atoms with van der Waals surface area (Å²) in [4.78, 5) is 9.23. The maximum atomic E-state index is 7.53. The van der Waals surface area contributed by atoms with Gasteiger partial charge in [0.1, 0.15) is 0 Å². The summed E-state index contributed by atoms with van der Waals surface area (Å²) in [7, 11) is 1.74. The van der Waals surface area contributed by atoms with Crippen molar-refractivity contribution in [1.82, 2.24) is 9.88 Å². The molecule has 80 valence electrons.